The molecule has 0 atom stereocenters. The van der Waals surface area contributed by atoms with Gasteiger partial charge in [-0.2, -0.15) is 0 Å². The van der Waals surface area contributed by atoms with E-state index in [-0.39, 0.29) is 23.3 Å². The van der Waals surface area contributed by atoms with E-state index in [4.69, 9.17) is 0 Å². The van der Waals surface area contributed by atoms with Gasteiger partial charge >= 0.3 is 0 Å². The van der Waals surface area contributed by atoms with E-state index in [9.17, 15) is 9.59 Å². The van der Waals surface area contributed by atoms with Gasteiger partial charge in [0.25, 0.3) is 11.8 Å². The molecule has 3 rings (SSSR count). The van der Waals surface area contributed by atoms with Gasteiger partial charge in [0, 0.05) is 30.7 Å². The number of imidazole rings is 1. The lowest BCUT2D eigenvalue weighted by Gasteiger charge is -2.19. The molecule has 0 aromatic carbocycles. The van der Waals surface area contributed by atoms with Crippen LogP contribution >= 0.6 is 0 Å². The number of pyridine rings is 2. The summed E-state index contributed by atoms with van der Waals surface area (Å²) in [6.45, 7) is 6.01. The fourth-order valence-corrected chi connectivity index (χ4v) is 2.53. The summed E-state index contributed by atoms with van der Waals surface area (Å²) in [7, 11) is 0. The number of amides is 2. The minimum absolute atomic E-state index is 0.182. The Kier molecular flexibility index (Phi) is 4.71. The molecule has 0 aliphatic rings. The zero-order valence-electron chi connectivity index (χ0n) is 15.0. The topological polar surface area (TPSA) is 88.4 Å². The van der Waals surface area contributed by atoms with Crippen LogP contribution in [0.25, 0.3) is 5.52 Å². The smallest absolute Gasteiger partial charge is 0.288 e. The molecule has 7 heteroatoms. The van der Waals surface area contributed by atoms with Crippen LogP contribution in [0.4, 0.5) is 0 Å². The van der Waals surface area contributed by atoms with Gasteiger partial charge in [0.05, 0.1) is 5.52 Å². The molecular weight excluding hydrogens is 330 g/mol. The second-order valence-electron chi connectivity index (χ2n) is 6.99. The molecule has 3 aromatic heterocycles. The molecule has 0 spiro atoms. The number of carbonyl (C=O) groups excluding carboxylic acids is 2. The number of nitrogens with one attached hydrogen (secondary N) is 2. The number of hydrogen-bond acceptors (Lipinski definition) is 4. The summed E-state index contributed by atoms with van der Waals surface area (Å²) in [5, 5.41) is 5.70. The van der Waals surface area contributed by atoms with Crippen molar-refractivity contribution in [2.45, 2.75) is 32.9 Å². The summed E-state index contributed by atoms with van der Waals surface area (Å²) in [4.78, 5) is 33.5. The number of nitrogens with zero attached hydrogens (tertiary/aromatic N) is 3. The molecule has 3 aromatic rings. The summed E-state index contributed by atoms with van der Waals surface area (Å²) < 4.78 is 1.63. The first-order valence-electron chi connectivity index (χ1n) is 8.32. The molecule has 0 saturated heterocycles. The highest BCUT2D eigenvalue weighted by molar-refractivity contribution is 6.02. The average molecular weight is 351 g/mol. The van der Waals surface area contributed by atoms with E-state index < -0.39 is 5.54 Å². The number of hydrogen-bond donors (Lipinski definition) is 2. The molecule has 0 fully saturated rings. The van der Waals surface area contributed by atoms with Crippen molar-refractivity contribution in [1.29, 1.82) is 0 Å². The van der Waals surface area contributed by atoms with Crippen molar-refractivity contribution in [2.24, 2.45) is 0 Å². The van der Waals surface area contributed by atoms with Crippen LogP contribution in [0.3, 0.4) is 0 Å². The Morgan fingerprint density at radius 2 is 1.92 bits per heavy atom. The first-order valence-corrected chi connectivity index (χ1v) is 8.32. The summed E-state index contributed by atoms with van der Waals surface area (Å²) in [5.74, 6) is -0.487. The fourth-order valence-electron chi connectivity index (χ4n) is 2.53. The minimum Gasteiger partial charge on any atom is -0.346 e. The van der Waals surface area contributed by atoms with Crippen LogP contribution in [0.5, 0.6) is 0 Å². The van der Waals surface area contributed by atoms with E-state index in [1.807, 2.05) is 32.9 Å². The third-order valence-electron chi connectivity index (χ3n) is 3.63. The summed E-state index contributed by atoms with van der Waals surface area (Å²) in [6.07, 6.45) is 5.08. The van der Waals surface area contributed by atoms with E-state index in [0.29, 0.717) is 12.1 Å². The van der Waals surface area contributed by atoms with Gasteiger partial charge in [-0.25, -0.2) is 4.98 Å². The van der Waals surface area contributed by atoms with E-state index in [0.717, 1.165) is 5.56 Å². The molecule has 0 radical (unpaired) electrons. The van der Waals surface area contributed by atoms with Crippen molar-refractivity contribution >= 4 is 17.3 Å². The van der Waals surface area contributed by atoms with Gasteiger partial charge in [0.15, 0.2) is 5.69 Å². The number of rotatable bonds is 4. The molecule has 134 valence electrons. The zero-order valence-corrected chi connectivity index (χ0v) is 15.0. The molecule has 0 bridgehead atoms. The standard InChI is InChI=1S/C19H21N5O2/c1-19(2,3)23-18(26)16-22-15(14-8-4-5-10-24(14)16)17(25)21-12-13-7-6-9-20-11-13/h4-11H,12H2,1-3H3,(H,21,25)(H,23,26). The Bertz CT molecular complexity index is 941. The highest BCUT2D eigenvalue weighted by Crippen LogP contribution is 2.14. The SMILES string of the molecule is CC(C)(C)NC(=O)c1nc(C(=O)NCc2cccnc2)c2ccccn12. The normalized spacial score (nSPS) is 11.3. The van der Waals surface area contributed by atoms with Gasteiger partial charge in [0.1, 0.15) is 0 Å². The third-order valence-corrected chi connectivity index (χ3v) is 3.63. The monoisotopic (exact) mass is 351 g/mol. The lowest BCUT2D eigenvalue weighted by molar-refractivity contribution is 0.0908. The van der Waals surface area contributed by atoms with E-state index in [2.05, 4.69) is 20.6 Å². The quantitative estimate of drug-likeness (QED) is 0.754. The van der Waals surface area contributed by atoms with Gasteiger partial charge in [-0.15, -0.1) is 0 Å². The van der Waals surface area contributed by atoms with Crippen LogP contribution in [0.15, 0.2) is 48.9 Å². The minimum atomic E-state index is -0.402. The molecular formula is C19H21N5O2. The van der Waals surface area contributed by atoms with Crippen LogP contribution in [0.2, 0.25) is 0 Å². The van der Waals surface area contributed by atoms with Crippen LogP contribution in [-0.2, 0) is 6.54 Å². The van der Waals surface area contributed by atoms with Crippen LogP contribution < -0.4 is 10.6 Å². The van der Waals surface area contributed by atoms with E-state index >= 15 is 0 Å². The summed E-state index contributed by atoms with van der Waals surface area (Å²) >= 11 is 0. The van der Waals surface area contributed by atoms with Crippen molar-refractivity contribution in [1.82, 2.24) is 25.0 Å². The Balaban J connectivity index is 1.89. The van der Waals surface area contributed by atoms with Crippen LogP contribution in [0.1, 0.15) is 47.4 Å². The van der Waals surface area contributed by atoms with Crippen molar-refractivity contribution in [2.75, 3.05) is 0 Å². The molecule has 7 nitrogen and oxygen atoms in total. The van der Waals surface area contributed by atoms with Gasteiger partial charge < -0.3 is 10.6 Å². The number of fused-ring (bicyclic) bond motifs is 1. The lowest BCUT2D eigenvalue weighted by Crippen LogP contribution is -2.41. The Labute approximate surface area is 151 Å². The van der Waals surface area contributed by atoms with Gasteiger partial charge in [-0.3, -0.25) is 19.0 Å². The highest BCUT2D eigenvalue weighted by Gasteiger charge is 2.23. The second kappa shape index (κ2) is 6.95. The summed E-state index contributed by atoms with van der Waals surface area (Å²) in [5.41, 5.74) is 1.28. The molecule has 2 amide bonds. The molecule has 0 saturated carbocycles. The Morgan fingerprint density at radius 3 is 2.62 bits per heavy atom. The van der Waals surface area contributed by atoms with Crippen LogP contribution in [-0.4, -0.2) is 31.7 Å². The lowest BCUT2D eigenvalue weighted by atomic mass is 10.1. The van der Waals surface area contributed by atoms with Gasteiger partial charge in [0.2, 0.25) is 5.82 Å². The van der Waals surface area contributed by atoms with E-state index in [1.165, 1.54) is 0 Å². The largest absolute Gasteiger partial charge is 0.346 e. The molecule has 0 unspecified atom stereocenters. The predicted octanol–water partition coefficient (Wildman–Crippen LogP) is 2.19. The first-order chi connectivity index (χ1) is 12.3. The summed E-state index contributed by atoms with van der Waals surface area (Å²) in [6, 6.07) is 9.04. The predicted molar refractivity (Wildman–Crippen MR) is 97.8 cm³/mol. The highest BCUT2D eigenvalue weighted by atomic mass is 16.2. The van der Waals surface area contributed by atoms with Gasteiger partial charge in [-0.1, -0.05) is 12.1 Å². The third kappa shape index (κ3) is 3.88. The molecule has 2 N–H and O–H groups in total. The average Bonchev–Trinajstić information content (AvgIpc) is 2.99. The maximum absolute atomic E-state index is 12.6. The van der Waals surface area contributed by atoms with Gasteiger partial charge in [-0.05, 0) is 44.5 Å². The number of carbonyl (C=O) groups is 2. The maximum Gasteiger partial charge on any atom is 0.288 e. The van der Waals surface area contributed by atoms with Crippen LogP contribution in [0, 0.1) is 0 Å². The first kappa shape index (κ1) is 17.6. The van der Waals surface area contributed by atoms with E-state index in [1.54, 1.807) is 41.2 Å². The Hall–Kier alpha value is -3.22. The van der Waals surface area contributed by atoms with Crippen molar-refractivity contribution in [3.8, 4) is 0 Å². The molecule has 0 aliphatic carbocycles. The molecule has 0 aliphatic heterocycles. The number of aromatic nitrogens is 3. The zero-order chi connectivity index (χ0) is 18.7. The second-order valence-corrected chi connectivity index (χ2v) is 6.99. The molecule has 3 heterocycles. The van der Waals surface area contributed by atoms with Crippen molar-refractivity contribution < 1.29 is 9.59 Å². The fraction of sp³-hybridized carbons (Fsp3) is 0.263. The molecule has 26 heavy (non-hydrogen) atoms. The van der Waals surface area contributed by atoms with Crippen molar-refractivity contribution in [3.63, 3.8) is 0 Å². The maximum atomic E-state index is 12.6. The Morgan fingerprint density at radius 1 is 1.12 bits per heavy atom. The van der Waals surface area contributed by atoms with Crippen molar-refractivity contribution in [3.05, 3.63) is 66.0 Å².